The van der Waals surface area contributed by atoms with Crippen LogP contribution in [-0.2, 0) is 14.0 Å². The zero-order chi connectivity index (χ0) is 17.8. The van der Waals surface area contributed by atoms with Crippen molar-refractivity contribution in [2.75, 3.05) is 13.2 Å². The SMILES string of the molecule is O=P1(NCC2CCCO2)C=C(c2ccccc2)OC(c2ccccc2)=C1. The van der Waals surface area contributed by atoms with E-state index in [0.717, 1.165) is 30.6 Å². The molecule has 1 N–H and O–H groups in total. The topological polar surface area (TPSA) is 47.6 Å². The van der Waals surface area contributed by atoms with E-state index in [-0.39, 0.29) is 6.10 Å². The Balaban J connectivity index is 1.65. The molecule has 5 heteroatoms. The maximum absolute atomic E-state index is 13.6. The summed E-state index contributed by atoms with van der Waals surface area (Å²) in [6, 6.07) is 19.6. The van der Waals surface area contributed by atoms with Gasteiger partial charge in [-0.05, 0) is 12.8 Å². The summed E-state index contributed by atoms with van der Waals surface area (Å²) >= 11 is 0. The van der Waals surface area contributed by atoms with Crippen LogP contribution in [0.25, 0.3) is 11.5 Å². The molecular formula is C21H22NO3P. The van der Waals surface area contributed by atoms with Gasteiger partial charge in [-0.25, -0.2) is 0 Å². The second-order valence-electron chi connectivity index (χ2n) is 6.53. The summed E-state index contributed by atoms with van der Waals surface area (Å²) in [6.45, 7) is 1.37. The predicted molar refractivity (Wildman–Crippen MR) is 105 cm³/mol. The Morgan fingerprint density at radius 2 is 1.50 bits per heavy atom. The number of hydrogen-bond donors (Lipinski definition) is 1. The third-order valence-corrected chi connectivity index (χ3v) is 6.46. The molecule has 2 aromatic rings. The Labute approximate surface area is 154 Å². The zero-order valence-corrected chi connectivity index (χ0v) is 15.4. The summed E-state index contributed by atoms with van der Waals surface area (Å²) < 4.78 is 25.3. The molecule has 0 aromatic heterocycles. The maximum Gasteiger partial charge on any atom is 0.198 e. The van der Waals surface area contributed by atoms with E-state index in [0.29, 0.717) is 18.1 Å². The lowest BCUT2D eigenvalue weighted by atomic mass is 10.2. The van der Waals surface area contributed by atoms with Gasteiger partial charge < -0.3 is 9.47 Å². The van der Waals surface area contributed by atoms with E-state index in [2.05, 4.69) is 5.09 Å². The molecule has 4 rings (SSSR count). The van der Waals surface area contributed by atoms with Crippen molar-refractivity contribution in [1.29, 1.82) is 0 Å². The van der Waals surface area contributed by atoms with Crippen molar-refractivity contribution < 1.29 is 14.0 Å². The van der Waals surface area contributed by atoms with E-state index >= 15 is 0 Å². The van der Waals surface area contributed by atoms with Gasteiger partial charge in [-0.3, -0.25) is 9.65 Å². The fourth-order valence-corrected chi connectivity index (χ4v) is 5.02. The maximum atomic E-state index is 13.6. The first-order valence-corrected chi connectivity index (χ1v) is 10.8. The number of hydrogen-bond acceptors (Lipinski definition) is 3. The van der Waals surface area contributed by atoms with Gasteiger partial charge in [0.2, 0.25) is 0 Å². The van der Waals surface area contributed by atoms with Crippen LogP contribution in [0.3, 0.4) is 0 Å². The summed E-state index contributed by atoms with van der Waals surface area (Å²) in [5, 5.41) is 3.24. The number of nitrogens with one attached hydrogen (secondary N) is 1. The largest absolute Gasteiger partial charge is 0.456 e. The quantitative estimate of drug-likeness (QED) is 0.751. The molecule has 1 saturated heterocycles. The Bertz CT molecular complexity index is 796. The van der Waals surface area contributed by atoms with E-state index < -0.39 is 7.29 Å². The van der Waals surface area contributed by atoms with Gasteiger partial charge in [0, 0.05) is 35.9 Å². The molecule has 0 spiro atoms. The normalized spacial score (nSPS) is 21.6. The van der Waals surface area contributed by atoms with Gasteiger partial charge in [-0.1, -0.05) is 60.7 Å². The fraction of sp³-hybridized carbons (Fsp3) is 0.238. The highest BCUT2D eigenvalue weighted by Crippen LogP contribution is 2.53. The van der Waals surface area contributed by atoms with Crippen molar-refractivity contribution in [2.24, 2.45) is 0 Å². The minimum absolute atomic E-state index is 0.130. The zero-order valence-electron chi connectivity index (χ0n) is 14.5. The van der Waals surface area contributed by atoms with Crippen molar-refractivity contribution in [3.63, 3.8) is 0 Å². The highest BCUT2D eigenvalue weighted by molar-refractivity contribution is 7.68. The van der Waals surface area contributed by atoms with Gasteiger partial charge in [0.25, 0.3) is 0 Å². The summed E-state index contributed by atoms with van der Waals surface area (Å²) in [5.74, 6) is 4.69. The van der Waals surface area contributed by atoms with Crippen molar-refractivity contribution >= 4 is 18.8 Å². The molecule has 2 heterocycles. The Morgan fingerprint density at radius 3 is 2.00 bits per heavy atom. The van der Waals surface area contributed by atoms with E-state index in [4.69, 9.17) is 9.47 Å². The molecule has 0 bridgehead atoms. The lowest BCUT2D eigenvalue weighted by molar-refractivity contribution is 0.114. The van der Waals surface area contributed by atoms with Crippen LogP contribution in [0.2, 0.25) is 0 Å². The van der Waals surface area contributed by atoms with E-state index in [9.17, 15) is 4.57 Å². The molecule has 0 radical (unpaired) electrons. The van der Waals surface area contributed by atoms with Crippen LogP contribution in [0.5, 0.6) is 0 Å². The van der Waals surface area contributed by atoms with Gasteiger partial charge >= 0.3 is 0 Å². The standard InChI is InChI=1S/C21H22NO3P/c23-26(22-14-19-12-7-13-24-19)15-20(17-8-3-1-4-9-17)25-21(16-26)18-10-5-2-6-11-18/h1-6,8-11,15-16,19H,7,12-14H2,(H,22,23). The summed E-state index contributed by atoms with van der Waals surface area (Å²) in [7, 11) is -2.89. The van der Waals surface area contributed by atoms with Crippen molar-refractivity contribution in [3.8, 4) is 0 Å². The summed E-state index contributed by atoms with van der Waals surface area (Å²) in [6.07, 6.45) is 2.20. The number of benzene rings is 2. The molecule has 1 fully saturated rings. The molecule has 2 aliphatic rings. The molecule has 0 amide bonds. The van der Waals surface area contributed by atoms with Gasteiger partial charge in [-0.15, -0.1) is 0 Å². The first kappa shape index (κ1) is 17.3. The average molecular weight is 367 g/mol. The van der Waals surface area contributed by atoms with Crippen molar-refractivity contribution in [1.82, 2.24) is 5.09 Å². The Kier molecular flexibility index (Phi) is 5.07. The third-order valence-electron chi connectivity index (χ3n) is 4.54. The molecule has 0 saturated carbocycles. The molecular weight excluding hydrogens is 345 g/mol. The molecule has 4 nitrogen and oxygen atoms in total. The Morgan fingerprint density at radius 1 is 0.923 bits per heavy atom. The third kappa shape index (κ3) is 3.99. The monoisotopic (exact) mass is 367 g/mol. The van der Waals surface area contributed by atoms with Crippen LogP contribution >= 0.6 is 7.29 Å². The second-order valence-corrected chi connectivity index (χ2v) is 8.78. The van der Waals surface area contributed by atoms with Crippen LogP contribution in [0, 0.1) is 0 Å². The van der Waals surface area contributed by atoms with Gasteiger partial charge in [0.05, 0.1) is 6.10 Å². The molecule has 1 atom stereocenters. The van der Waals surface area contributed by atoms with Gasteiger partial charge in [0.15, 0.2) is 7.29 Å². The molecule has 2 aliphatic heterocycles. The van der Waals surface area contributed by atoms with Gasteiger partial charge in [0.1, 0.15) is 11.5 Å². The summed E-state index contributed by atoms with van der Waals surface area (Å²) in [4.78, 5) is 0. The molecule has 134 valence electrons. The number of ether oxygens (including phenoxy) is 2. The average Bonchev–Trinajstić information content (AvgIpc) is 3.21. The first-order valence-electron chi connectivity index (χ1n) is 8.92. The fourth-order valence-electron chi connectivity index (χ4n) is 3.17. The van der Waals surface area contributed by atoms with Crippen LogP contribution < -0.4 is 5.09 Å². The number of rotatable bonds is 5. The summed E-state index contributed by atoms with van der Waals surface area (Å²) in [5.41, 5.74) is 1.82. The van der Waals surface area contributed by atoms with Crippen LogP contribution in [0.4, 0.5) is 0 Å². The Hall–Kier alpha value is -2.13. The predicted octanol–water partition coefficient (Wildman–Crippen LogP) is 5.06. The second kappa shape index (κ2) is 7.63. The van der Waals surface area contributed by atoms with E-state index in [1.807, 2.05) is 60.7 Å². The van der Waals surface area contributed by atoms with E-state index in [1.54, 1.807) is 11.6 Å². The molecule has 0 aliphatic carbocycles. The molecule has 26 heavy (non-hydrogen) atoms. The minimum Gasteiger partial charge on any atom is -0.456 e. The lowest BCUT2D eigenvalue weighted by Gasteiger charge is -2.24. The van der Waals surface area contributed by atoms with Crippen molar-refractivity contribution in [3.05, 3.63) is 83.4 Å². The van der Waals surface area contributed by atoms with Crippen molar-refractivity contribution in [2.45, 2.75) is 18.9 Å². The van der Waals surface area contributed by atoms with Gasteiger partial charge in [-0.2, -0.15) is 0 Å². The highest BCUT2D eigenvalue weighted by atomic mass is 31.2. The van der Waals surface area contributed by atoms with E-state index in [1.165, 1.54) is 0 Å². The smallest absolute Gasteiger partial charge is 0.198 e. The van der Waals surface area contributed by atoms with Crippen LogP contribution in [0.15, 0.2) is 72.3 Å². The first-order chi connectivity index (χ1) is 12.7. The minimum atomic E-state index is -2.89. The van der Waals surface area contributed by atoms with Crippen LogP contribution in [-0.4, -0.2) is 19.3 Å². The molecule has 1 unspecified atom stereocenters. The van der Waals surface area contributed by atoms with Crippen LogP contribution in [0.1, 0.15) is 24.0 Å². The lowest BCUT2D eigenvalue weighted by Crippen LogP contribution is -2.23. The highest BCUT2D eigenvalue weighted by Gasteiger charge is 2.28. The molecule has 2 aromatic carbocycles.